The first-order valence-corrected chi connectivity index (χ1v) is 8.71. The molecule has 0 radical (unpaired) electrons. The summed E-state index contributed by atoms with van der Waals surface area (Å²) >= 11 is 6.03. The summed E-state index contributed by atoms with van der Waals surface area (Å²) in [5.74, 6) is 3.79. The molecule has 2 nitrogen and oxygen atoms in total. The Morgan fingerprint density at radius 1 is 1.13 bits per heavy atom. The Balaban J connectivity index is 3.20. The maximum Gasteiger partial charge on any atom is 0.148 e. The van der Waals surface area contributed by atoms with Gasteiger partial charge in [-0.3, -0.25) is 0 Å². The molecule has 0 unspecified atom stereocenters. The minimum Gasteiger partial charge on any atom is -0.237 e. The van der Waals surface area contributed by atoms with Gasteiger partial charge in [0.15, 0.2) is 0 Å². The second-order valence-electron chi connectivity index (χ2n) is 4.52. The molecule has 1 aromatic heterocycles. The molecule has 4 heteroatoms. The van der Waals surface area contributed by atoms with E-state index in [1.807, 2.05) is 13.8 Å². The van der Waals surface area contributed by atoms with Crippen molar-refractivity contribution >= 4 is 19.7 Å². The van der Waals surface area contributed by atoms with Crippen molar-refractivity contribution < 1.29 is 0 Å². The third kappa shape index (κ3) is 3.65. The van der Waals surface area contributed by atoms with Gasteiger partial charge in [0, 0.05) is 0 Å². The number of aromatic nitrogens is 2. The second kappa shape index (κ2) is 4.34. The van der Waals surface area contributed by atoms with Gasteiger partial charge in [0.05, 0.1) is 11.3 Å². The van der Waals surface area contributed by atoms with Crippen molar-refractivity contribution in [1.29, 1.82) is 0 Å². The molecule has 0 aliphatic rings. The average molecular weight is 239 g/mol. The van der Waals surface area contributed by atoms with Crippen LogP contribution >= 0.6 is 11.6 Å². The van der Waals surface area contributed by atoms with E-state index < -0.39 is 8.07 Å². The normalized spacial score (nSPS) is 10.8. The first-order chi connectivity index (χ1) is 6.79. The number of hydrogen-bond acceptors (Lipinski definition) is 2. The lowest BCUT2D eigenvalue weighted by Gasteiger charge is -2.05. The zero-order chi connectivity index (χ0) is 11.6. The van der Waals surface area contributed by atoms with Gasteiger partial charge in [0.2, 0.25) is 0 Å². The van der Waals surface area contributed by atoms with Crippen LogP contribution in [0.4, 0.5) is 0 Å². The summed E-state index contributed by atoms with van der Waals surface area (Å²) < 4.78 is 0. The first-order valence-electron chi connectivity index (χ1n) is 4.83. The summed E-state index contributed by atoms with van der Waals surface area (Å²) in [6.07, 6.45) is 0. The molecular formula is C11H15ClN2Si. The van der Waals surface area contributed by atoms with E-state index in [-0.39, 0.29) is 0 Å². The van der Waals surface area contributed by atoms with Gasteiger partial charge in [0.25, 0.3) is 0 Å². The van der Waals surface area contributed by atoms with E-state index in [9.17, 15) is 0 Å². The van der Waals surface area contributed by atoms with Crippen LogP contribution in [-0.2, 0) is 0 Å². The fourth-order valence-corrected chi connectivity index (χ4v) is 1.87. The van der Waals surface area contributed by atoms with Crippen molar-refractivity contribution in [3.63, 3.8) is 0 Å². The molecule has 1 aromatic rings. The molecule has 1 heterocycles. The lowest BCUT2D eigenvalue weighted by atomic mass is 10.2. The van der Waals surface area contributed by atoms with Crippen molar-refractivity contribution in [2.75, 3.05) is 0 Å². The minimum absolute atomic E-state index is 0.464. The molecule has 0 aliphatic heterocycles. The number of rotatable bonds is 0. The van der Waals surface area contributed by atoms with Gasteiger partial charge in [-0.2, -0.15) is 0 Å². The van der Waals surface area contributed by atoms with Gasteiger partial charge in [-0.25, -0.2) is 9.97 Å². The van der Waals surface area contributed by atoms with Crippen molar-refractivity contribution in [1.82, 2.24) is 9.97 Å². The highest BCUT2D eigenvalue weighted by Crippen LogP contribution is 2.15. The Hall–Kier alpha value is -0.853. The Kier molecular flexibility index (Phi) is 3.53. The Bertz CT molecular complexity index is 415. The summed E-state index contributed by atoms with van der Waals surface area (Å²) in [6, 6.07) is 0. The van der Waals surface area contributed by atoms with Gasteiger partial charge in [0.1, 0.15) is 19.1 Å². The van der Waals surface area contributed by atoms with Crippen LogP contribution in [0.2, 0.25) is 24.8 Å². The molecule has 0 amide bonds. The van der Waals surface area contributed by atoms with E-state index in [1.54, 1.807) is 0 Å². The number of hydrogen-bond donors (Lipinski definition) is 0. The molecule has 0 fully saturated rings. The monoisotopic (exact) mass is 238 g/mol. The highest BCUT2D eigenvalue weighted by atomic mass is 35.5. The van der Waals surface area contributed by atoms with Crippen molar-refractivity contribution in [2.24, 2.45) is 0 Å². The van der Waals surface area contributed by atoms with Crippen LogP contribution in [0.1, 0.15) is 17.1 Å². The van der Waals surface area contributed by atoms with Crippen LogP contribution in [0.3, 0.4) is 0 Å². The molecule has 1 rings (SSSR count). The quantitative estimate of drug-likeness (QED) is 0.395. The van der Waals surface area contributed by atoms with Gasteiger partial charge >= 0.3 is 0 Å². The smallest absolute Gasteiger partial charge is 0.148 e. The van der Waals surface area contributed by atoms with Crippen molar-refractivity contribution in [2.45, 2.75) is 33.5 Å². The van der Waals surface area contributed by atoms with Crippen LogP contribution in [0.15, 0.2) is 0 Å². The summed E-state index contributed by atoms with van der Waals surface area (Å²) in [7, 11) is -1.37. The van der Waals surface area contributed by atoms with Crippen LogP contribution in [-0.4, -0.2) is 18.0 Å². The zero-order valence-electron chi connectivity index (χ0n) is 9.77. The molecule has 0 aromatic carbocycles. The van der Waals surface area contributed by atoms with E-state index in [0.29, 0.717) is 11.0 Å². The predicted molar refractivity (Wildman–Crippen MR) is 66.7 cm³/mol. The number of aryl methyl sites for hydroxylation is 2. The molecule has 0 saturated carbocycles. The summed E-state index contributed by atoms with van der Waals surface area (Å²) in [5, 5.41) is 0.464. The van der Waals surface area contributed by atoms with E-state index in [1.165, 1.54) is 0 Å². The molecule has 0 spiro atoms. The number of nitrogens with zero attached hydrogens (tertiary/aromatic N) is 2. The third-order valence-electron chi connectivity index (χ3n) is 1.72. The van der Waals surface area contributed by atoms with Gasteiger partial charge in [-0.15, -0.1) is 5.54 Å². The Morgan fingerprint density at radius 2 is 1.73 bits per heavy atom. The minimum atomic E-state index is -1.37. The molecule has 0 bridgehead atoms. The maximum absolute atomic E-state index is 6.03. The van der Waals surface area contributed by atoms with E-state index >= 15 is 0 Å². The standard InChI is InChI=1S/C11H15ClN2Si/c1-8-10(6-7-15(3,4)5)11(12)14-9(2)13-8/h1-5H3. The fraction of sp³-hybridized carbons (Fsp3) is 0.455. The molecular weight excluding hydrogens is 224 g/mol. The van der Waals surface area contributed by atoms with Crippen LogP contribution in [0.25, 0.3) is 0 Å². The maximum atomic E-state index is 6.03. The van der Waals surface area contributed by atoms with Gasteiger partial charge in [-0.05, 0) is 13.8 Å². The van der Waals surface area contributed by atoms with Crippen LogP contribution in [0, 0.1) is 25.3 Å². The van der Waals surface area contributed by atoms with Gasteiger partial charge in [-0.1, -0.05) is 37.2 Å². The van der Waals surface area contributed by atoms with E-state index in [0.717, 1.165) is 11.3 Å². The Morgan fingerprint density at radius 3 is 2.20 bits per heavy atom. The summed E-state index contributed by atoms with van der Waals surface area (Å²) in [5.41, 5.74) is 4.89. The highest BCUT2D eigenvalue weighted by molar-refractivity contribution is 6.83. The van der Waals surface area contributed by atoms with E-state index in [4.69, 9.17) is 11.6 Å². The third-order valence-corrected chi connectivity index (χ3v) is 2.87. The number of halogens is 1. The molecule has 0 aliphatic carbocycles. The first kappa shape index (κ1) is 12.2. The van der Waals surface area contributed by atoms with E-state index in [2.05, 4.69) is 41.1 Å². The SMILES string of the molecule is Cc1nc(C)c(C#C[Si](C)(C)C)c(Cl)n1. The lowest BCUT2D eigenvalue weighted by Crippen LogP contribution is -2.16. The topological polar surface area (TPSA) is 25.8 Å². The average Bonchev–Trinajstić information content (AvgIpc) is 1.99. The highest BCUT2D eigenvalue weighted by Gasteiger charge is 2.10. The van der Waals surface area contributed by atoms with Crippen LogP contribution < -0.4 is 0 Å². The fourth-order valence-electron chi connectivity index (χ4n) is 1.06. The Labute approximate surface area is 97.1 Å². The molecule has 80 valence electrons. The van der Waals surface area contributed by atoms with Crippen LogP contribution in [0.5, 0.6) is 0 Å². The van der Waals surface area contributed by atoms with Crippen molar-refractivity contribution in [3.05, 3.63) is 22.2 Å². The molecule has 0 atom stereocenters. The van der Waals surface area contributed by atoms with Gasteiger partial charge < -0.3 is 0 Å². The summed E-state index contributed by atoms with van der Waals surface area (Å²) in [4.78, 5) is 8.35. The molecule has 0 N–H and O–H groups in total. The molecule has 15 heavy (non-hydrogen) atoms. The van der Waals surface area contributed by atoms with Crippen molar-refractivity contribution in [3.8, 4) is 11.5 Å². The second-order valence-corrected chi connectivity index (χ2v) is 9.63. The molecule has 0 saturated heterocycles. The predicted octanol–water partition coefficient (Wildman–Crippen LogP) is 2.98. The summed E-state index contributed by atoms with van der Waals surface area (Å²) in [6.45, 7) is 10.3. The zero-order valence-corrected chi connectivity index (χ0v) is 11.5. The lowest BCUT2D eigenvalue weighted by molar-refractivity contribution is 1.00. The largest absolute Gasteiger partial charge is 0.237 e.